The highest BCUT2D eigenvalue weighted by molar-refractivity contribution is 8.00. The summed E-state index contributed by atoms with van der Waals surface area (Å²) in [5.74, 6) is 1.22. The number of hydrogen-bond donors (Lipinski definition) is 1. The van der Waals surface area contributed by atoms with Crippen molar-refractivity contribution in [2.75, 3.05) is 23.7 Å². The summed E-state index contributed by atoms with van der Waals surface area (Å²) in [7, 11) is 0. The van der Waals surface area contributed by atoms with Gasteiger partial charge >= 0.3 is 0 Å². The number of hydrogen-bond acceptors (Lipinski definition) is 3. The molecule has 1 saturated heterocycles. The molecule has 2 rings (SSSR count). The van der Waals surface area contributed by atoms with E-state index in [1.54, 1.807) is 0 Å². The lowest BCUT2D eigenvalue weighted by molar-refractivity contribution is 0.641. The van der Waals surface area contributed by atoms with Crippen molar-refractivity contribution in [1.29, 1.82) is 0 Å². The van der Waals surface area contributed by atoms with Crippen LogP contribution < -0.4 is 10.6 Å². The predicted molar refractivity (Wildman–Crippen MR) is 91.9 cm³/mol. The number of rotatable bonds is 4. The SMILES string of the molecule is CCC(N)Cc1ccc(N2CCSC(C)(C)C2)cc1C. The normalized spacial score (nSPS) is 19.9. The largest absolute Gasteiger partial charge is 0.369 e. The Morgan fingerprint density at radius 2 is 2.15 bits per heavy atom. The van der Waals surface area contributed by atoms with Crippen molar-refractivity contribution in [3.05, 3.63) is 29.3 Å². The van der Waals surface area contributed by atoms with Crippen LogP contribution in [0.2, 0.25) is 0 Å². The Balaban J connectivity index is 2.12. The van der Waals surface area contributed by atoms with Crippen molar-refractivity contribution >= 4 is 17.4 Å². The van der Waals surface area contributed by atoms with Gasteiger partial charge in [-0.15, -0.1) is 0 Å². The first-order chi connectivity index (χ1) is 9.41. The second-order valence-electron chi connectivity index (χ2n) is 6.51. The lowest BCUT2D eigenvalue weighted by atomic mass is 9.99. The molecule has 1 heterocycles. The van der Waals surface area contributed by atoms with Gasteiger partial charge in [-0.05, 0) is 56.9 Å². The zero-order valence-electron chi connectivity index (χ0n) is 13.3. The molecule has 0 spiro atoms. The molecule has 1 aliphatic rings. The minimum Gasteiger partial charge on any atom is -0.369 e. The van der Waals surface area contributed by atoms with Crippen LogP contribution >= 0.6 is 11.8 Å². The number of nitrogens with two attached hydrogens (primary N) is 1. The van der Waals surface area contributed by atoms with Crippen LogP contribution in [0.1, 0.15) is 38.3 Å². The van der Waals surface area contributed by atoms with E-state index < -0.39 is 0 Å². The maximum Gasteiger partial charge on any atom is 0.0369 e. The topological polar surface area (TPSA) is 29.3 Å². The van der Waals surface area contributed by atoms with Gasteiger partial charge in [0.25, 0.3) is 0 Å². The summed E-state index contributed by atoms with van der Waals surface area (Å²) in [5, 5.41) is 0. The van der Waals surface area contributed by atoms with Gasteiger partial charge in [0.2, 0.25) is 0 Å². The van der Waals surface area contributed by atoms with E-state index >= 15 is 0 Å². The van der Waals surface area contributed by atoms with Crippen molar-refractivity contribution in [2.24, 2.45) is 5.73 Å². The molecule has 1 fully saturated rings. The van der Waals surface area contributed by atoms with E-state index in [2.05, 4.69) is 62.6 Å². The molecule has 0 amide bonds. The van der Waals surface area contributed by atoms with Crippen molar-refractivity contribution in [3.8, 4) is 0 Å². The molecule has 1 aliphatic heterocycles. The smallest absolute Gasteiger partial charge is 0.0369 e. The summed E-state index contributed by atoms with van der Waals surface area (Å²) in [6, 6.07) is 7.17. The second kappa shape index (κ2) is 6.40. The summed E-state index contributed by atoms with van der Waals surface area (Å²) in [5.41, 5.74) is 10.2. The van der Waals surface area contributed by atoms with Crippen molar-refractivity contribution in [3.63, 3.8) is 0 Å². The Labute approximate surface area is 128 Å². The minimum atomic E-state index is 0.282. The first kappa shape index (κ1) is 15.7. The van der Waals surface area contributed by atoms with Gasteiger partial charge in [0, 0.05) is 35.3 Å². The quantitative estimate of drug-likeness (QED) is 0.919. The molecule has 20 heavy (non-hydrogen) atoms. The monoisotopic (exact) mass is 292 g/mol. The van der Waals surface area contributed by atoms with Gasteiger partial charge in [0.1, 0.15) is 0 Å². The third-order valence-electron chi connectivity index (χ3n) is 4.12. The molecule has 3 heteroatoms. The van der Waals surface area contributed by atoms with E-state index in [1.165, 1.54) is 22.6 Å². The van der Waals surface area contributed by atoms with Crippen LogP contribution in [-0.4, -0.2) is 29.6 Å². The Hall–Kier alpha value is -0.670. The van der Waals surface area contributed by atoms with Gasteiger partial charge in [0.15, 0.2) is 0 Å². The first-order valence-corrected chi connectivity index (χ1v) is 8.64. The zero-order chi connectivity index (χ0) is 14.8. The zero-order valence-corrected chi connectivity index (χ0v) is 14.1. The molecule has 2 N–H and O–H groups in total. The Morgan fingerprint density at radius 1 is 1.40 bits per heavy atom. The highest BCUT2D eigenvalue weighted by Crippen LogP contribution is 2.32. The number of aryl methyl sites for hydroxylation is 1. The molecule has 0 aromatic heterocycles. The van der Waals surface area contributed by atoms with Gasteiger partial charge in [-0.25, -0.2) is 0 Å². The second-order valence-corrected chi connectivity index (χ2v) is 8.32. The molecule has 0 aliphatic carbocycles. The van der Waals surface area contributed by atoms with E-state index in [0.29, 0.717) is 4.75 Å². The van der Waals surface area contributed by atoms with Crippen LogP contribution in [-0.2, 0) is 6.42 Å². The van der Waals surface area contributed by atoms with Crippen LogP contribution in [0.4, 0.5) is 5.69 Å². The number of anilines is 1. The fourth-order valence-electron chi connectivity index (χ4n) is 2.77. The van der Waals surface area contributed by atoms with Gasteiger partial charge in [0.05, 0.1) is 0 Å². The van der Waals surface area contributed by atoms with Gasteiger partial charge in [-0.3, -0.25) is 0 Å². The van der Waals surface area contributed by atoms with E-state index in [4.69, 9.17) is 5.73 Å². The molecular formula is C17H28N2S. The predicted octanol–water partition coefficient (Wildman–Crippen LogP) is 3.61. The van der Waals surface area contributed by atoms with Gasteiger partial charge in [-0.2, -0.15) is 11.8 Å². The third-order valence-corrected chi connectivity index (χ3v) is 5.42. The van der Waals surface area contributed by atoms with Crippen LogP contribution in [0, 0.1) is 6.92 Å². The molecule has 1 aromatic carbocycles. The summed E-state index contributed by atoms with van der Waals surface area (Å²) in [6.07, 6.45) is 2.03. The summed E-state index contributed by atoms with van der Waals surface area (Å²) < 4.78 is 0.357. The van der Waals surface area contributed by atoms with Crippen molar-refractivity contribution in [1.82, 2.24) is 0 Å². The highest BCUT2D eigenvalue weighted by atomic mass is 32.2. The number of thioether (sulfide) groups is 1. The molecule has 0 saturated carbocycles. The van der Waals surface area contributed by atoms with Gasteiger partial charge in [-0.1, -0.05) is 13.0 Å². The molecule has 2 nitrogen and oxygen atoms in total. The molecule has 0 bridgehead atoms. The first-order valence-electron chi connectivity index (χ1n) is 7.65. The summed E-state index contributed by atoms with van der Waals surface area (Å²) in [6.45, 7) is 11.3. The summed E-state index contributed by atoms with van der Waals surface area (Å²) >= 11 is 2.08. The molecular weight excluding hydrogens is 264 g/mol. The fourth-order valence-corrected chi connectivity index (χ4v) is 3.88. The van der Waals surface area contributed by atoms with Gasteiger partial charge < -0.3 is 10.6 Å². The van der Waals surface area contributed by atoms with E-state index in [9.17, 15) is 0 Å². The molecule has 112 valence electrons. The van der Waals surface area contributed by atoms with E-state index in [-0.39, 0.29) is 6.04 Å². The molecule has 1 atom stereocenters. The number of nitrogens with zero attached hydrogens (tertiary/aromatic N) is 1. The lowest BCUT2D eigenvalue weighted by Gasteiger charge is -2.39. The van der Waals surface area contributed by atoms with E-state index in [1.807, 2.05) is 0 Å². The van der Waals surface area contributed by atoms with Crippen LogP contribution in [0.3, 0.4) is 0 Å². The summed E-state index contributed by atoms with van der Waals surface area (Å²) in [4.78, 5) is 2.52. The van der Waals surface area contributed by atoms with Crippen LogP contribution in [0.15, 0.2) is 18.2 Å². The minimum absolute atomic E-state index is 0.282. The number of benzene rings is 1. The third kappa shape index (κ3) is 3.92. The van der Waals surface area contributed by atoms with Crippen LogP contribution in [0.5, 0.6) is 0 Å². The molecule has 1 aromatic rings. The fraction of sp³-hybridized carbons (Fsp3) is 0.647. The van der Waals surface area contributed by atoms with Crippen molar-refractivity contribution in [2.45, 2.75) is 51.3 Å². The molecule has 0 radical (unpaired) electrons. The standard InChI is InChI=1S/C17H28N2S/c1-5-15(18)11-14-6-7-16(10-13(14)2)19-8-9-20-17(3,4)12-19/h6-7,10,15H,5,8-9,11-12,18H2,1-4H3. The van der Waals surface area contributed by atoms with E-state index in [0.717, 1.165) is 25.9 Å². The maximum absolute atomic E-state index is 6.08. The molecule has 1 unspecified atom stereocenters. The average Bonchev–Trinajstić information content (AvgIpc) is 2.39. The Morgan fingerprint density at radius 3 is 2.75 bits per heavy atom. The average molecular weight is 292 g/mol. The lowest BCUT2D eigenvalue weighted by Crippen LogP contribution is -2.43. The highest BCUT2D eigenvalue weighted by Gasteiger charge is 2.27. The Kier molecular flexibility index (Phi) is 5.03. The Bertz CT molecular complexity index is 456. The van der Waals surface area contributed by atoms with Crippen LogP contribution in [0.25, 0.3) is 0 Å². The van der Waals surface area contributed by atoms with Crippen molar-refractivity contribution < 1.29 is 0 Å². The maximum atomic E-state index is 6.08.